The molecule has 0 aliphatic carbocycles. The van der Waals surface area contributed by atoms with Crippen molar-refractivity contribution < 1.29 is 4.79 Å². The van der Waals surface area contributed by atoms with Gasteiger partial charge in [-0.25, -0.2) is 4.98 Å². The average molecular weight is 360 g/mol. The first kappa shape index (κ1) is 17.0. The van der Waals surface area contributed by atoms with Crippen LogP contribution in [-0.4, -0.2) is 20.4 Å². The smallest absolute Gasteiger partial charge is 0.255 e. The number of imidazole rings is 1. The summed E-state index contributed by atoms with van der Waals surface area (Å²) in [6.45, 7) is 4.49. The summed E-state index contributed by atoms with van der Waals surface area (Å²) in [4.78, 5) is 32.0. The molecule has 2 aromatic heterocycles. The molecule has 0 bridgehead atoms. The lowest BCUT2D eigenvalue weighted by molar-refractivity contribution is 0.0950. The number of hydrogen-bond donors (Lipinski definition) is 2. The quantitative estimate of drug-likeness (QED) is 0.585. The minimum Gasteiger partial charge on any atom is -0.345 e. The highest BCUT2D eigenvalue weighted by Crippen LogP contribution is 2.21. The lowest BCUT2D eigenvalue weighted by Gasteiger charge is -2.14. The maximum absolute atomic E-state index is 12.8. The zero-order chi connectivity index (χ0) is 19.0. The van der Waals surface area contributed by atoms with Gasteiger partial charge in [-0.2, -0.15) is 0 Å². The van der Waals surface area contributed by atoms with E-state index in [4.69, 9.17) is 0 Å². The molecule has 0 aliphatic heterocycles. The molecule has 6 nitrogen and oxygen atoms in total. The first-order valence-electron chi connectivity index (χ1n) is 8.90. The highest BCUT2D eigenvalue weighted by Gasteiger charge is 2.16. The van der Waals surface area contributed by atoms with Crippen LogP contribution in [0.2, 0.25) is 0 Å². The van der Waals surface area contributed by atoms with E-state index >= 15 is 0 Å². The third-order valence-corrected chi connectivity index (χ3v) is 4.65. The molecule has 4 rings (SSSR count). The molecule has 0 aliphatic rings. The molecule has 0 spiro atoms. The van der Waals surface area contributed by atoms with Crippen molar-refractivity contribution in [3.05, 3.63) is 76.5 Å². The van der Waals surface area contributed by atoms with Gasteiger partial charge in [0.15, 0.2) is 0 Å². The Kier molecular flexibility index (Phi) is 4.24. The van der Waals surface area contributed by atoms with Gasteiger partial charge in [0.25, 0.3) is 11.5 Å². The van der Waals surface area contributed by atoms with Crippen LogP contribution in [0.15, 0.2) is 59.5 Å². The Morgan fingerprint density at radius 3 is 2.59 bits per heavy atom. The van der Waals surface area contributed by atoms with E-state index in [0.717, 1.165) is 16.9 Å². The van der Waals surface area contributed by atoms with Crippen LogP contribution in [0.25, 0.3) is 21.8 Å². The van der Waals surface area contributed by atoms with E-state index in [-0.39, 0.29) is 17.5 Å². The Morgan fingerprint density at radius 1 is 1.11 bits per heavy atom. The molecule has 0 unspecified atom stereocenters. The monoisotopic (exact) mass is 360 g/mol. The predicted octanol–water partition coefficient (Wildman–Crippen LogP) is 3.39. The fraction of sp³-hybridized carbons (Fsp3) is 0.190. The molecule has 27 heavy (non-hydrogen) atoms. The van der Waals surface area contributed by atoms with Crippen LogP contribution in [0.5, 0.6) is 0 Å². The average Bonchev–Trinajstić information content (AvgIpc) is 3.05. The van der Waals surface area contributed by atoms with Crippen molar-refractivity contribution in [1.82, 2.24) is 19.9 Å². The van der Waals surface area contributed by atoms with Gasteiger partial charge in [-0.1, -0.05) is 30.3 Å². The summed E-state index contributed by atoms with van der Waals surface area (Å²) in [5.74, 6) is 0.554. The van der Waals surface area contributed by atoms with E-state index in [9.17, 15) is 9.59 Å². The molecule has 2 N–H and O–H groups in total. The standard InChI is InChI=1S/C21H20N4O2/c1-13(2)25-18-10-6-5-9-17(18)24-19(25)12-23-21(27)16-11-22-20(26)15-8-4-3-7-14(15)16/h3-11,13H,12H2,1-2H3,(H,22,26)(H,23,27). The molecule has 0 radical (unpaired) electrons. The van der Waals surface area contributed by atoms with E-state index in [0.29, 0.717) is 22.9 Å². The number of carbonyl (C=O) groups excluding carboxylic acids is 1. The molecule has 0 saturated heterocycles. The number of para-hydroxylation sites is 2. The van der Waals surface area contributed by atoms with Gasteiger partial charge in [0.05, 0.1) is 23.1 Å². The highest BCUT2D eigenvalue weighted by molar-refractivity contribution is 6.06. The predicted molar refractivity (Wildman–Crippen MR) is 106 cm³/mol. The number of hydrogen-bond acceptors (Lipinski definition) is 3. The number of benzene rings is 2. The van der Waals surface area contributed by atoms with Crippen LogP contribution in [0, 0.1) is 0 Å². The van der Waals surface area contributed by atoms with E-state index < -0.39 is 0 Å². The molecule has 136 valence electrons. The molecule has 4 aromatic rings. The Bertz CT molecular complexity index is 1200. The van der Waals surface area contributed by atoms with E-state index in [1.54, 1.807) is 18.2 Å². The fourth-order valence-electron chi connectivity index (χ4n) is 3.45. The molecule has 6 heteroatoms. The number of fused-ring (bicyclic) bond motifs is 2. The number of H-pyrrole nitrogens is 1. The normalized spacial score (nSPS) is 11.4. The van der Waals surface area contributed by atoms with Crippen molar-refractivity contribution in [2.24, 2.45) is 0 Å². The second kappa shape index (κ2) is 6.72. The molecule has 2 aromatic carbocycles. The van der Waals surface area contributed by atoms with Gasteiger partial charge >= 0.3 is 0 Å². The zero-order valence-electron chi connectivity index (χ0n) is 15.2. The summed E-state index contributed by atoms with van der Waals surface area (Å²) in [6, 6.07) is 15.2. The van der Waals surface area contributed by atoms with Crippen molar-refractivity contribution >= 4 is 27.7 Å². The van der Waals surface area contributed by atoms with Crippen molar-refractivity contribution in [1.29, 1.82) is 0 Å². The molecular formula is C21H20N4O2. The van der Waals surface area contributed by atoms with E-state index in [1.807, 2.05) is 30.3 Å². The van der Waals surface area contributed by atoms with Crippen LogP contribution in [0.1, 0.15) is 36.1 Å². The van der Waals surface area contributed by atoms with Crippen molar-refractivity contribution in [3.63, 3.8) is 0 Å². The lowest BCUT2D eigenvalue weighted by atomic mass is 10.1. The number of nitrogens with one attached hydrogen (secondary N) is 2. The van der Waals surface area contributed by atoms with Crippen LogP contribution < -0.4 is 10.9 Å². The minimum absolute atomic E-state index is 0.205. The summed E-state index contributed by atoms with van der Waals surface area (Å²) in [7, 11) is 0. The molecule has 0 saturated carbocycles. The van der Waals surface area contributed by atoms with Crippen LogP contribution >= 0.6 is 0 Å². The Balaban J connectivity index is 1.66. The minimum atomic E-state index is -0.246. The summed E-state index contributed by atoms with van der Waals surface area (Å²) >= 11 is 0. The number of aromatic nitrogens is 3. The highest BCUT2D eigenvalue weighted by atomic mass is 16.1. The summed E-state index contributed by atoms with van der Waals surface area (Å²) < 4.78 is 2.13. The molecular weight excluding hydrogens is 340 g/mol. The third-order valence-electron chi connectivity index (χ3n) is 4.65. The Labute approximate surface area is 155 Å². The largest absolute Gasteiger partial charge is 0.345 e. The van der Waals surface area contributed by atoms with E-state index in [1.165, 1.54) is 6.20 Å². The van der Waals surface area contributed by atoms with Gasteiger partial charge < -0.3 is 14.9 Å². The summed E-state index contributed by atoms with van der Waals surface area (Å²) in [5, 5.41) is 4.07. The lowest BCUT2D eigenvalue weighted by Crippen LogP contribution is -2.26. The number of aromatic amines is 1. The number of pyridine rings is 1. The molecule has 0 fully saturated rings. The van der Waals surface area contributed by atoms with Crippen molar-refractivity contribution in [2.45, 2.75) is 26.4 Å². The number of carbonyl (C=O) groups is 1. The first-order valence-corrected chi connectivity index (χ1v) is 8.90. The molecule has 2 heterocycles. The molecule has 0 atom stereocenters. The van der Waals surface area contributed by atoms with Crippen LogP contribution in [0.4, 0.5) is 0 Å². The SMILES string of the molecule is CC(C)n1c(CNC(=O)c2c[nH]c(=O)c3ccccc23)nc2ccccc21. The summed E-state index contributed by atoms with van der Waals surface area (Å²) in [6.07, 6.45) is 1.46. The Hall–Kier alpha value is -3.41. The number of nitrogens with zero attached hydrogens (tertiary/aromatic N) is 2. The maximum atomic E-state index is 12.8. The van der Waals surface area contributed by atoms with Gasteiger partial charge in [-0.15, -0.1) is 0 Å². The fourth-order valence-corrected chi connectivity index (χ4v) is 3.45. The van der Waals surface area contributed by atoms with Crippen molar-refractivity contribution in [3.8, 4) is 0 Å². The second-order valence-corrected chi connectivity index (χ2v) is 6.74. The van der Waals surface area contributed by atoms with Gasteiger partial charge in [-0.3, -0.25) is 9.59 Å². The van der Waals surface area contributed by atoms with Crippen LogP contribution in [-0.2, 0) is 6.54 Å². The summed E-state index contributed by atoms with van der Waals surface area (Å²) in [5.41, 5.74) is 2.19. The van der Waals surface area contributed by atoms with Gasteiger partial charge in [0.2, 0.25) is 0 Å². The Morgan fingerprint density at radius 2 is 1.81 bits per heavy atom. The van der Waals surface area contributed by atoms with Crippen LogP contribution in [0.3, 0.4) is 0 Å². The van der Waals surface area contributed by atoms with Gasteiger partial charge in [0.1, 0.15) is 5.82 Å². The zero-order valence-corrected chi connectivity index (χ0v) is 15.2. The second-order valence-electron chi connectivity index (χ2n) is 6.74. The van der Waals surface area contributed by atoms with Gasteiger partial charge in [-0.05, 0) is 32.0 Å². The van der Waals surface area contributed by atoms with Crippen molar-refractivity contribution in [2.75, 3.05) is 0 Å². The topological polar surface area (TPSA) is 79.8 Å². The van der Waals surface area contributed by atoms with E-state index in [2.05, 4.69) is 33.7 Å². The third kappa shape index (κ3) is 2.99. The first-order chi connectivity index (χ1) is 13.1. The van der Waals surface area contributed by atoms with Gasteiger partial charge in [0, 0.05) is 23.0 Å². The number of rotatable bonds is 4. The number of amides is 1. The maximum Gasteiger partial charge on any atom is 0.255 e. The molecule has 1 amide bonds.